The molecule has 2 rings (SSSR count). The molecular formula is C9H14BrN3. The van der Waals surface area contributed by atoms with Gasteiger partial charge in [0, 0.05) is 24.7 Å². The minimum absolute atomic E-state index is 0.229. The van der Waals surface area contributed by atoms with Crippen LogP contribution in [0.5, 0.6) is 0 Å². The fraction of sp³-hybridized carbons (Fsp3) is 0.667. The maximum Gasteiger partial charge on any atom is 0.128 e. The summed E-state index contributed by atoms with van der Waals surface area (Å²) in [6.07, 6.45) is 0. The average Bonchev–Trinajstić information content (AvgIpc) is 2.36. The van der Waals surface area contributed by atoms with Crippen molar-refractivity contribution < 1.29 is 0 Å². The maximum absolute atomic E-state index is 6.00. The fourth-order valence-electron chi connectivity index (χ4n) is 1.98. The molecule has 0 aliphatic heterocycles. The molecule has 1 saturated carbocycles. The van der Waals surface area contributed by atoms with Gasteiger partial charge in [-0.2, -0.15) is 5.10 Å². The monoisotopic (exact) mass is 243 g/mol. The summed E-state index contributed by atoms with van der Waals surface area (Å²) in [6, 6.07) is 2.33. The van der Waals surface area contributed by atoms with E-state index in [0.717, 1.165) is 4.60 Å². The average molecular weight is 244 g/mol. The summed E-state index contributed by atoms with van der Waals surface area (Å²) in [4.78, 5) is 0. The van der Waals surface area contributed by atoms with E-state index in [1.165, 1.54) is 5.69 Å². The van der Waals surface area contributed by atoms with E-state index in [2.05, 4.69) is 40.9 Å². The first-order valence-corrected chi connectivity index (χ1v) is 5.19. The molecule has 13 heavy (non-hydrogen) atoms. The minimum Gasteiger partial charge on any atom is -0.327 e. The van der Waals surface area contributed by atoms with Gasteiger partial charge < -0.3 is 5.73 Å². The van der Waals surface area contributed by atoms with Crippen LogP contribution >= 0.6 is 15.9 Å². The molecule has 0 unspecified atom stereocenters. The highest BCUT2D eigenvalue weighted by Gasteiger charge is 2.57. The van der Waals surface area contributed by atoms with Crippen LogP contribution < -0.4 is 5.73 Å². The van der Waals surface area contributed by atoms with Gasteiger partial charge in [-0.25, -0.2) is 0 Å². The summed E-state index contributed by atoms with van der Waals surface area (Å²) < 4.78 is 2.79. The minimum atomic E-state index is 0.229. The third-order valence-corrected chi connectivity index (χ3v) is 3.50. The van der Waals surface area contributed by atoms with Crippen LogP contribution in [0.25, 0.3) is 0 Å². The van der Waals surface area contributed by atoms with Gasteiger partial charge >= 0.3 is 0 Å². The second-order valence-electron chi connectivity index (χ2n) is 4.34. The van der Waals surface area contributed by atoms with Crippen LogP contribution in [0.15, 0.2) is 10.7 Å². The highest BCUT2D eigenvalue weighted by Crippen LogP contribution is 2.57. The maximum atomic E-state index is 6.00. The Balaban J connectivity index is 2.34. The van der Waals surface area contributed by atoms with E-state index in [1.807, 2.05) is 11.7 Å². The van der Waals surface area contributed by atoms with Gasteiger partial charge in [0.15, 0.2) is 0 Å². The lowest BCUT2D eigenvalue weighted by Crippen LogP contribution is -2.07. The highest BCUT2D eigenvalue weighted by molar-refractivity contribution is 9.10. The number of aryl methyl sites for hydroxylation is 1. The Morgan fingerprint density at radius 3 is 2.46 bits per heavy atom. The van der Waals surface area contributed by atoms with Gasteiger partial charge in [-0.15, -0.1) is 0 Å². The highest BCUT2D eigenvalue weighted by atomic mass is 79.9. The largest absolute Gasteiger partial charge is 0.327 e. The summed E-state index contributed by atoms with van der Waals surface area (Å²) >= 11 is 3.36. The van der Waals surface area contributed by atoms with E-state index < -0.39 is 0 Å². The lowest BCUT2D eigenvalue weighted by molar-refractivity contribution is 0.581. The lowest BCUT2D eigenvalue weighted by atomic mass is 10.1. The molecule has 0 spiro atoms. The van der Waals surface area contributed by atoms with Crippen molar-refractivity contribution in [1.29, 1.82) is 0 Å². The Morgan fingerprint density at radius 1 is 1.62 bits per heavy atom. The number of nitrogens with zero attached hydrogens (tertiary/aromatic N) is 2. The molecule has 1 aliphatic rings. The zero-order chi connectivity index (χ0) is 9.80. The molecule has 2 atom stereocenters. The van der Waals surface area contributed by atoms with Gasteiger partial charge in [-0.05, 0) is 27.4 Å². The first-order chi connectivity index (χ1) is 5.94. The van der Waals surface area contributed by atoms with Crippen molar-refractivity contribution in [2.45, 2.75) is 25.8 Å². The van der Waals surface area contributed by atoms with Crippen molar-refractivity contribution in [2.75, 3.05) is 0 Å². The van der Waals surface area contributed by atoms with Crippen LogP contribution in [-0.2, 0) is 7.05 Å². The zero-order valence-electron chi connectivity index (χ0n) is 8.08. The molecule has 4 heteroatoms. The van der Waals surface area contributed by atoms with E-state index in [1.54, 1.807) is 0 Å². The molecular weight excluding hydrogens is 230 g/mol. The standard InChI is InChI=1S/C9H14BrN3/c1-9(2)7(8(9)11)5-4-6(10)12-13(5)3/h4,7-8H,11H2,1-3H3/t7-,8-/m0/s1. The van der Waals surface area contributed by atoms with E-state index in [-0.39, 0.29) is 11.5 Å². The van der Waals surface area contributed by atoms with Crippen molar-refractivity contribution in [3.8, 4) is 0 Å². The molecule has 1 aliphatic carbocycles. The predicted octanol–water partition coefficient (Wildman–Crippen LogP) is 1.63. The van der Waals surface area contributed by atoms with Crippen molar-refractivity contribution in [2.24, 2.45) is 18.2 Å². The fourth-order valence-corrected chi connectivity index (χ4v) is 2.45. The Hall–Kier alpha value is -0.350. The zero-order valence-corrected chi connectivity index (χ0v) is 9.67. The molecule has 0 bridgehead atoms. The smallest absolute Gasteiger partial charge is 0.128 e. The third-order valence-electron chi connectivity index (χ3n) is 3.12. The molecule has 0 amide bonds. The quantitative estimate of drug-likeness (QED) is 0.816. The topological polar surface area (TPSA) is 43.8 Å². The molecule has 1 fully saturated rings. The molecule has 2 N–H and O–H groups in total. The number of rotatable bonds is 1. The third kappa shape index (κ3) is 1.23. The van der Waals surface area contributed by atoms with Gasteiger partial charge in [-0.1, -0.05) is 13.8 Å². The Morgan fingerprint density at radius 2 is 2.15 bits per heavy atom. The van der Waals surface area contributed by atoms with Crippen LogP contribution in [0.2, 0.25) is 0 Å². The summed E-state index contributed by atoms with van der Waals surface area (Å²) in [5.74, 6) is 0.455. The van der Waals surface area contributed by atoms with Gasteiger partial charge in [0.1, 0.15) is 4.60 Å². The molecule has 0 aromatic carbocycles. The van der Waals surface area contributed by atoms with E-state index in [0.29, 0.717) is 5.92 Å². The van der Waals surface area contributed by atoms with Gasteiger partial charge in [0.2, 0.25) is 0 Å². The van der Waals surface area contributed by atoms with Crippen LogP contribution in [0, 0.1) is 5.41 Å². The molecule has 3 nitrogen and oxygen atoms in total. The SMILES string of the molecule is Cn1nc(Br)cc1[C@H]1[C@H](N)C1(C)C. The number of nitrogens with two attached hydrogens (primary N) is 1. The van der Waals surface area contributed by atoms with Crippen LogP contribution in [-0.4, -0.2) is 15.8 Å². The first-order valence-electron chi connectivity index (χ1n) is 4.39. The summed E-state index contributed by atoms with van der Waals surface area (Å²) in [7, 11) is 1.96. The summed E-state index contributed by atoms with van der Waals surface area (Å²) in [6.45, 7) is 4.40. The van der Waals surface area contributed by atoms with Crippen LogP contribution in [0.4, 0.5) is 0 Å². The van der Waals surface area contributed by atoms with Crippen LogP contribution in [0.1, 0.15) is 25.5 Å². The second kappa shape index (κ2) is 2.58. The van der Waals surface area contributed by atoms with Gasteiger partial charge in [0.25, 0.3) is 0 Å². The predicted molar refractivity (Wildman–Crippen MR) is 55.4 cm³/mol. The van der Waals surface area contributed by atoms with Crippen molar-refractivity contribution >= 4 is 15.9 Å². The molecule has 1 heterocycles. The second-order valence-corrected chi connectivity index (χ2v) is 5.15. The van der Waals surface area contributed by atoms with E-state index >= 15 is 0 Å². The molecule has 72 valence electrons. The summed E-state index contributed by atoms with van der Waals surface area (Å²) in [5, 5.41) is 4.25. The molecule has 0 saturated heterocycles. The number of aromatic nitrogens is 2. The van der Waals surface area contributed by atoms with E-state index in [4.69, 9.17) is 5.73 Å². The Labute approximate surface area is 86.4 Å². The van der Waals surface area contributed by atoms with Crippen LogP contribution in [0.3, 0.4) is 0 Å². The Bertz CT molecular complexity index is 343. The van der Waals surface area contributed by atoms with Gasteiger partial charge in [-0.3, -0.25) is 4.68 Å². The van der Waals surface area contributed by atoms with E-state index in [9.17, 15) is 0 Å². The van der Waals surface area contributed by atoms with Crippen molar-refractivity contribution in [3.05, 3.63) is 16.4 Å². The van der Waals surface area contributed by atoms with Gasteiger partial charge in [0.05, 0.1) is 0 Å². The van der Waals surface area contributed by atoms with Crippen molar-refractivity contribution in [1.82, 2.24) is 9.78 Å². The number of hydrogen-bond acceptors (Lipinski definition) is 2. The Kier molecular flexibility index (Phi) is 1.83. The summed E-state index contributed by atoms with van der Waals surface area (Å²) in [5.41, 5.74) is 7.45. The lowest BCUT2D eigenvalue weighted by Gasteiger charge is -2.01. The number of halogens is 1. The van der Waals surface area contributed by atoms with Crippen molar-refractivity contribution in [3.63, 3.8) is 0 Å². The molecule has 1 aromatic rings. The normalized spacial score (nSPS) is 30.5. The first kappa shape index (κ1) is 9.21. The number of hydrogen-bond donors (Lipinski definition) is 1. The molecule has 0 radical (unpaired) electrons. The molecule has 1 aromatic heterocycles.